The van der Waals surface area contributed by atoms with Gasteiger partial charge >= 0.3 is 6.18 Å². The Hall–Kier alpha value is -2.36. The van der Waals surface area contributed by atoms with Crippen LogP contribution in [0.2, 0.25) is 0 Å². The first-order valence-electron chi connectivity index (χ1n) is 11.6. The van der Waals surface area contributed by atoms with Crippen LogP contribution >= 0.6 is 0 Å². The average Bonchev–Trinajstić information content (AvgIpc) is 3.05. The van der Waals surface area contributed by atoms with Crippen LogP contribution in [-0.4, -0.2) is 52.7 Å². The van der Waals surface area contributed by atoms with E-state index in [0.717, 1.165) is 25.0 Å². The van der Waals surface area contributed by atoms with Gasteiger partial charge in [0.1, 0.15) is 18.5 Å². The van der Waals surface area contributed by atoms with Gasteiger partial charge in [0.15, 0.2) is 0 Å². The molecule has 34 heavy (non-hydrogen) atoms. The molecule has 1 aromatic carbocycles. The fraction of sp³-hybridized carbons (Fsp3) is 0.560. The first kappa shape index (κ1) is 27.9. The zero-order valence-electron chi connectivity index (χ0n) is 19.2. The van der Waals surface area contributed by atoms with E-state index < -0.39 is 30.1 Å². The minimum atomic E-state index is -4.48. The summed E-state index contributed by atoms with van der Waals surface area (Å²) in [6, 6.07) is 4.41. The van der Waals surface area contributed by atoms with Crippen LogP contribution in [0.1, 0.15) is 44.6 Å². The predicted molar refractivity (Wildman–Crippen MR) is 122 cm³/mol. The number of alkyl halides is 3. The van der Waals surface area contributed by atoms with Crippen LogP contribution in [0.5, 0.6) is 5.75 Å². The molecule has 0 aliphatic heterocycles. The topological polar surface area (TPSA) is 99.0 Å². The molecule has 1 aliphatic rings. The number of carbonyl (C=O) groups excluding carboxylic acids is 1. The van der Waals surface area contributed by atoms with Crippen molar-refractivity contribution in [1.82, 2.24) is 5.32 Å². The van der Waals surface area contributed by atoms with Gasteiger partial charge in [-0.25, -0.2) is 0 Å². The molecule has 2 rings (SSSR count). The summed E-state index contributed by atoms with van der Waals surface area (Å²) in [4.78, 5) is 11.4. The number of hydrogen-bond acceptors (Lipinski definition) is 5. The molecule has 4 N–H and O–H groups in total. The highest BCUT2D eigenvalue weighted by molar-refractivity contribution is 5.75. The summed E-state index contributed by atoms with van der Waals surface area (Å²) in [6.45, 7) is 2.23. The number of benzene rings is 1. The molecule has 0 aromatic heterocycles. The predicted octanol–water partition coefficient (Wildman–Crippen LogP) is 3.61. The minimum Gasteiger partial charge on any atom is -0.491 e. The monoisotopic (exact) mass is 485 g/mol. The van der Waals surface area contributed by atoms with Gasteiger partial charge < -0.3 is 25.4 Å². The van der Waals surface area contributed by atoms with Crippen molar-refractivity contribution in [3.63, 3.8) is 0 Å². The molecule has 0 heterocycles. The Morgan fingerprint density at radius 1 is 1.26 bits per heavy atom. The molecule has 0 spiro atoms. The van der Waals surface area contributed by atoms with E-state index in [0.29, 0.717) is 19.4 Å². The summed E-state index contributed by atoms with van der Waals surface area (Å²) in [5.74, 6) is -0.597. The van der Waals surface area contributed by atoms with Gasteiger partial charge in [-0.1, -0.05) is 30.4 Å². The molecule has 0 saturated heterocycles. The number of carbonyl (C=O) groups is 1. The molecule has 190 valence electrons. The van der Waals surface area contributed by atoms with Crippen molar-refractivity contribution in [1.29, 1.82) is 0 Å². The van der Waals surface area contributed by atoms with Crippen LogP contribution in [0.25, 0.3) is 0 Å². The van der Waals surface area contributed by atoms with E-state index in [9.17, 15) is 33.3 Å². The van der Waals surface area contributed by atoms with Crippen LogP contribution in [0.3, 0.4) is 0 Å². The molecule has 0 radical (unpaired) electrons. The molecule has 1 aliphatic carbocycles. The van der Waals surface area contributed by atoms with Gasteiger partial charge in [-0.15, -0.1) is 0 Å². The standard InChI is InChI=1S/C25H34F3NO5/c1-2-29-24(33)11-6-4-3-5-10-20-21(23(32)15-22(20)31)13-12-18(30)16-34-19-9-7-8-17(14-19)25(26,27)28/h3,5,7-9,12-14,18,20-23,30-32H,2,4,6,10-11,15-16H2,1H3,(H,29,33)/t18-,20-,21-,22+,23-/m1/s1. The second-order valence-electron chi connectivity index (χ2n) is 8.45. The lowest BCUT2D eigenvalue weighted by Crippen LogP contribution is -2.22. The quantitative estimate of drug-likeness (QED) is 0.268. The SMILES string of the molecule is CCNC(=O)CCCC=CC[C@@H]1[C@@H](C=C[C@@H](O)COc2cccc(C(F)(F)F)c2)[C@H](O)C[C@@H]1O. The van der Waals surface area contributed by atoms with Crippen molar-refractivity contribution in [3.8, 4) is 5.75 Å². The first-order valence-corrected chi connectivity index (χ1v) is 11.6. The lowest BCUT2D eigenvalue weighted by molar-refractivity contribution is -0.137. The number of aliphatic hydroxyl groups is 3. The zero-order valence-corrected chi connectivity index (χ0v) is 19.2. The van der Waals surface area contributed by atoms with Gasteiger partial charge in [0.2, 0.25) is 5.91 Å². The van der Waals surface area contributed by atoms with Gasteiger partial charge in [0, 0.05) is 25.3 Å². The third kappa shape index (κ3) is 9.12. The number of rotatable bonds is 12. The Balaban J connectivity index is 1.84. The van der Waals surface area contributed by atoms with E-state index in [1.54, 1.807) is 6.08 Å². The molecule has 1 amide bonds. The number of aliphatic hydroxyl groups excluding tert-OH is 3. The molecule has 0 unspecified atom stereocenters. The van der Waals surface area contributed by atoms with Gasteiger partial charge in [0.05, 0.1) is 17.8 Å². The Morgan fingerprint density at radius 2 is 2.03 bits per heavy atom. The van der Waals surface area contributed by atoms with Gasteiger partial charge in [-0.05, 0) is 50.3 Å². The highest BCUT2D eigenvalue weighted by Crippen LogP contribution is 2.36. The van der Waals surface area contributed by atoms with Crippen LogP contribution in [0, 0.1) is 11.8 Å². The second kappa shape index (κ2) is 13.5. The summed E-state index contributed by atoms with van der Waals surface area (Å²) in [7, 11) is 0. The highest BCUT2D eigenvalue weighted by Gasteiger charge is 2.39. The van der Waals surface area contributed by atoms with E-state index in [1.807, 2.05) is 19.1 Å². The lowest BCUT2D eigenvalue weighted by atomic mass is 9.89. The lowest BCUT2D eigenvalue weighted by Gasteiger charge is -2.19. The number of unbranched alkanes of at least 4 members (excludes halogenated alkanes) is 1. The maximum absolute atomic E-state index is 12.8. The molecular formula is C25H34F3NO5. The minimum absolute atomic E-state index is 0.00575. The van der Waals surface area contributed by atoms with Crippen LogP contribution < -0.4 is 10.1 Å². The third-order valence-electron chi connectivity index (χ3n) is 5.78. The third-order valence-corrected chi connectivity index (χ3v) is 5.78. The molecule has 9 heteroatoms. The molecule has 0 bridgehead atoms. The molecule has 1 aromatic rings. The largest absolute Gasteiger partial charge is 0.491 e. The number of halogens is 3. The van der Waals surface area contributed by atoms with Crippen LogP contribution in [0.15, 0.2) is 48.6 Å². The summed E-state index contributed by atoms with van der Waals surface area (Å²) >= 11 is 0. The van der Waals surface area contributed by atoms with E-state index in [4.69, 9.17) is 4.74 Å². The van der Waals surface area contributed by atoms with E-state index >= 15 is 0 Å². The van der Waals surface area contributed by atoms with Crippen molar-refractivity contribution >= 4 is 5.91 Å². The van der Waals surface area contributed by atoms with E-state index in [1.165, 1.54) is 18.2 Å². The number of nitrogens with one attached hydrogen (secondary N) is 1. The summed E-state index contributed by atoms with van der Waals surface area (Å²) in [5.41, 5.74) is -0.835. The fourth-order valence-corrected chi connectivity index (χ4v) is 4.00. The highest BCUT2D eigenvalue weighted by atomic mass is 19.4. The molecule has 1 saturated carbocycles. The molecule has 1 fully saturated rings. The van der Waals surface area contributed by atoms with Crippen LogP contribution in [0.4, 0.5) is 13.2 Å². The molecule has 6 nitrogen and oxygen atoms in total. The number of allylic oxidation sites excluding steroid dienone is 2. The first-order chi connectivity index (χ1) is 16.1. The molecular weight excluding hydrogens is 451 g/mol. The Kier molecular flexibility index (Phi) is 11.1. The second-order valence-corrected chi connectivity index (χ2v) is 8.45. The number of amides is 1. The van der Waals surface area contributed by atoms with Gasteiger partial charge in [0.25, 0.3) is 0 Å². The Labute approximate surface area is 198 Å². The van der Waals surface area contributed by atoms with E-state index in [-0.39, 0.29) is 36.5 Å². The van der Waals surface area contributed by atoms with Crippen molar-refractivity contribution in [2.75, 3.05) is 13.2 Å². The van der Waals surface area contributed by atoms with Gasteiger partial charge in [-0.2, -0.15) is 13.2 Å². The number of hydrogen-bond donors (Lipinski definition) is 4. The Bertz CT molecular complexity index is 827. The van der Waals surface area contributed by atoms with Crippen molar-refractivity contribution in [2.45, 2.75) is 63.5 Å². The molecule has 5 atom stereocenters. The number of ether oxygens (including phenoxy) is 1. The van der Waals surface area contributed by atoms with E-state index in [2.05, 4.69) is 5.32 Å². The van der Waals surface area contributed by atoms with Crippen molar-refractivity contribution in [2.24, 2.45) is 11.8 Å². The smallest absolute Gasteiger partial charge is 0.416 e. The van der Waals surface area contributed by atoms with Crippen LogP contribution in [-0.2, 0) is 11.0 Å². The Morgan fingerprint density at radius 3 is 2.74 bits per heavy atom. The zero-order chi connectivity index (χ0) is 25.1. The summed E-state index contributed by atoms with van der Waals surface area (Å²) < 4.78 is 43.7. The maximum atomic E-state index is 12.8. The van der Waals surface area contributed by atoms with Crippen molar-refractivity contribution < 1.29 is 38.0 Å². The average molecular weight is 486 g/mol. The summed E-state index contributed by atoms with van der Waals surface area (Å²) in [5, 5.41) is 33.5. The maximum Gasteiger partial charge on any atom is 0.416 e. The van der Waals surface area contributed by atoms with Crippen molar-refractivity contribution in [3.05, 3.63) is 54.1 Å². The van der Waals surface area contributed by atoms with Gasteiger partial charge in [-0.3, -0.25) is 4.79 Å². The normalized spacial score (nSPS) is 24.1. The summed E-state index contributed by atoms with van der Waals surface area (Å²) in [6.07, 6.45) is 2.58. The fourth-order valence-electron chi connectivity index (χ4n) is 4.00.